The number of hydrogen-bond donors (Lipinski definition) is 2. The van der Waals surface area contributed by atoms with Crippen molar-refractivity contribution in [3.63, 3.8) is 0 Å². The summed E-state index contributed by atoms with van der Waals surface area (Å²) in [6.07, 6.45) is 5.17. The van der Waals surface area contributed by atoms with Crippen LogP contribution in [0.25, 0.3) is 5.69 Å². The van der Waals surface area contributed by atoms with Crippen LogP contribution in [0.15, 0.2) is 65.5 Å². The summed E-state index contributed by atoms with van der Waals surface area (Å²) in [4.78, 5) is 30.0. The topological polar surface area (TPSA) is 118 Å². The van der Waals surface area contributed by atoms with Crippen molar-refractivity contribution in [3.8, 4) is 5.69 Å². The number of ether oxygens (including phenoxy) is 3. The van der Waals surface area contributed by atoms with Gasteiger partial charge < -0.3 is 29.8 Å². The predicted octanol–water partition coefficient (Wildman–Crippen LogP) is 1.80. The number of methoxy groups -OCH3 is 1. The van der Waals surface area contributed by atoms with E-state index in [2.05, 4.69) is 10.3 Å². The number of carbonyl (C=O) groups is 2. The highest BCUT2D eigenvalue weighted by Gasteiger charge is 2.38. The Hall–Kier alpha value is -3.43. The number of nitrogens with zero attached hydrogens (tertiary/aromatic N) is 2. The highest BCUT2D eigenvalue weighted by Crippen LogP contribution is 2.39. The van der Waals surface area contributed by atoms with Crippen molar-refractivity contribution in [2.24, 2.45) is 5.73 Å². The molecule has 0 saturated heterocycles. The molecule has 1 aliphatic heterocycles. The van der Waals surface area contributed by atoms with Crippen LogP contribution >= 0.6 is 0 Å². The number of hydrogen-bond acceptors (Lipinski definition) is 8. The van der Waals surface area contributed by atoms with E-state index in [1.165, 1.54) is 7.11 Å². The van der Waals surface area contributed by atoms with Crippen molar-refractivity contribution >= 4 is 11.9 Å². The molecule has 3 rings (SSSR count). The fraction of sp³-hybridized carbons (Fsp3) is 0.348. The molecule has 3 N–H and O–H groups in total. The number of benzene rings is 1. The summed E-state index contributed by atoms with van der Waals surface area (Å²) >= 11 is 0. The van der Waals surface area contributed by atoms with Crippen LogP contribution in [-0.2, 0) is 23.8 Å². The van der Waals surface area contributed by atoms with E-state index in [-0.39, 0.29) is 13.2 Å². The molecule has 32 heavy (non-hydrogen) atoms. The van der Waals surface area contributed by atoms with Gasteiger partial charge in [-0.25, -0.2) is 14.6 Å². The van der Waals surface area contributed by atoms with Crippen LogP contribution in [0.5, 0.6) is 0 Å². The van der Waals surface area contributed by atoms with Crippen LogP contribution in [0.4, 0.5) is 0 Å². The number of rotatable bonds is 9. The number of dihydropyridines is 1. The van der Waals surface area contributed by atoms with Gasteiger partial charge in [-0.1, -0.05) is 12.1 Å². The van der Waals surface area contributed by atoms with Crippen molar-refractivity contribution in [3.05, 3.63) is 71.1 Å². The zero-order valence-corrected chi connectivity index (χ0v) is 18.5. The Morgan fingerprint density at radius 1 is 1.25 bits per heavy atom. The minimum atomic E-state index is -0.706. The lowest BCUT2D eigenvalue weighted by molar-refractivity contribution is -0.139. The molecule has 0 saturated carbocycles. The summed E-state index contributed by atoms with van der Waals surface area (Å²) in [6, 6.07) is 7.56. The first-order chi connectivity index (χ1) is 15.5. The smallest absolute Gasteiger partial charge is 0.336 e. The van der Waals surface area contributed by atoms with Crippen LogP contribution in [0, 0.1) is 0 Å². The molecular weight excluding hydrogens is 412 g/mol. The number of nitrogens with two attached hydrogens (primary N) is 1. The van der Waals surface area contributed by atoms with Crippen molar-refractivity contribution in [1.29, 1.82) is 0 Å². The summed E-state index contributed by atoms with van der Waals surface area (Å²) in [6.45, 7) is 4.49. The molecule has 1 unspecified atom stereocenters. The second-order valence-corrected chi connectivity index (χ2v) is 7.11. The molecule has 170 valence electrons. The summed E-state index contributed by atoms with van der Waals surface area (Å²) in [7, 11) is 1.31. The highest BCUT2D eigenvalue weighted by molar-refractivity contribution is 6.00. The van der Waals surface area contributed by atoms with E-state index in [1.54, 1.807) is 26.4 Å². The van der Waals surface area contributed by atoms with E-state index in [0.29, 0.717) is 35.7 Å². The second kappa shape index (κ2) is 10.7. The minimum absolute atomic E-state index is 0.120. The molecule has 1 atom stereocenters. The maximum atomic E-state index is 13.1. The molecule has 0 spiro atoms. The van der Waals surface area contributed by atoms with Crippen LogP contribution < -0.4 is 11.1 Å². The fourth-order valence-corrected chi connectivity index (χ4v) is 3.71. The zero-order chi connectivity index (χ0) is 23.1. The van der Waals surface area contributed by atoms with Crippen molar-refractivity contribution in [2.75, 3.05) is 33.5 Å². The standard InChI is InChI=1S/C23H28N4O5/c1-4-32-23(29)21-18(13-31-11-8-24)26-15(2)19(22(28)30-3)20(21)16-6-5-7-17(12-16)27-10-9-25-14-27/h5-7,9-10,12,14,20,26H,4,8,11,13,24H2,1-3H3. The molecule has 1 aliphatic rings. The number of nitrogens with one attached hydrogen (secondary N) is 1. The lowest BCUT2D eigenvalue weighted by atomic mass is 9.80. The van der Waals surface area contributed by atoms with E-state index in [1.807, 2.05) is 35.0 Å². The molecule has 0 bridgehead atoms. The third-order valence-corrected chi connectivity index (χ3v) is 5.06. The fourth-order valence-electron chi connectivity index (χ4n) is 3.71. The Labute approximate surface area is 186 Å². The van der Waals surface area contributed by atoms with Crippen LogP contribution in [0.1, 0.15) is 25.3 Å². The molecule has 2 heterocycles. The quantitative estimate of drug-likeness (QED) is 0.448. The molecule has 1 aromatic heterocycles. The molecule has 1 aromatic carbocycles. The van der Waals surface area contributed by atoms with Crippen LogP contribution in [0.3, 0.4) is 0 Å². The number of imidazole rings is 1. The number of allylic oxidation sites excluding steroid dienone is 1. The van der Waals surface area contributed by atoms with Gasteiger partial charge in [0.1, 0.15) is 0 Å². The largest absolute Gasteiger partial charge is 0.466 e. The summed E-state index contributed by atoms with van der Waals surface area (Å²) in [5.74, 6) is -1.77. The number of carbonyl (C=O) groups excluding carboxylic acids is 2. The van der Waals surface area contributed by atoms with E-state index >= 15 is 0 Å². The van der Waals surface area contributed by atoms with E-state index in [0.717, 1.165) is 11.3 Å². The van der Waals surface area contributed by atoms with Gasteiger partial charge in [-0.2, -0.15) is 0 Å². The average molecular weight is 441 g/mol. The summed E-state index contributed by atoms with van der Waals surface area (Å²) in [5, 5.41) is 3.15. The van der Waals surface area contributed by atoms with Crippen molar-refractivity contribution in [2.45, 2.75) is 19.8 Å². The van der Waals surface area contributed by atoms with E-state index < -0.39 is 17.9 Å². The lowest BCUT2D eigenvalue weighted by Gasteiger charge is -2.31. The molecule has 0 aliphatic carbocycles. The third kappa shape index (κ3) is 4.90. The van der Waals surface area contributed by atoms with Gasteiger partial charge in [-0.05, 0) is 31.5 Å². The Kier molecular flexibility index (Phi) is 7.80. The maximum Gasteiger partial charge on any atom is 0.336 e. The average Bonchev–Trinajstić information content (AvgIpc) is 3.33. The highest BCUT2D eigenvalue weighted by atomic mass is 16.5. The number of esters is 2. The van der Waals surface area contributed by atoms with Gasteiger partial charge >= 0.3 is 11.9 Å². The molecule has 0 amide bonds. The van der Waals surface area contributed by atoms with Crippen molar-refractivity contribution < 1.29 is 23.8 Å². The molecule has 0 radical (unpaired) electrons. The minimum Gasteiger partial charge on any atom is -0.466 e. The van der Waals surface area contributed by atoms with E-state index in [4.69, 9.17) is 19.9 Å². The number of aromatic nitrogens is 2. The maximum absolute atomic E-state index is 13.1. The predicted molar refractivity (Wildman–Crippen MR) is 118 cm³/mol. The van der Waals surface area contributed by atoms with Gasteiger partial charge in [0.15, 0.2) is 0 Å². The zero-order valence-electron chi connectivity index (χ0n) is 18.5. The first-order valence-electron chi connectivity index (χ1n) is 10.3. The van der Waals surface area contributed by atoms with Gasteiger partial charge in [-0.3, -0.25) is 0 Å². The Bertz CT molecular complexity index is 1030. The van der Waals surface area contributed by atoms with Crippen molar-refractivity contribution in [1.82, 2.24) is 14.9 Å². The normalized spacial score (nSPS) is 16.1. The van der Waals surface area contributed by atoms with E-state index in [9.17, 15) is 9.59 Å². The monoisotopic (exact) mass is 440 g/mol. The van der Waals surface area contributed by atoms with Gasteiger partial charge in [0.05, 0.1) is 56.0 Å². The summed E-state index contributed by atoms with van der Waals surface area (Å²) < 4.78 is 17.9. The van der Waals surface area contributed by atoms with Gasteiger partial charge in [-0.15, -0.1) is 0 Å². The third-order valence-electron chi connectivity index (χ3n) is 5.06. The molecular formula is C23H28N4O5. The Balaban J connectivity index is 2.18. The van der Waals surface area contributed by atoms with Crippen LogP contribution in [-0.4, -0.2) is 55.0 Å². The van der Waals surface area contributed by atoms with Gasteiger partial charge in [0, 0.05) is 30.3 Å². The molecule has 9 heteroatoms. The molecule has 0 fully saturated rings. The SMILES string of the molecule is CCOC(=O)C1=C(COCCN)NC(C)=C(C(=O)OC)C1c1cccc(-n2ccnc2)c1. The van der Waals surface area contributed by atoms with Gasteiger partial charge in [0.25, 0.3) is 0 Å². The molecule has 2 aromatic rings. The second-order valence-electron chi connectivity index (χ2n) is 7.11. The first kappa shape index (κ1) is 23.2. The van der Waals surface area contributed by atoms with Crippen LogP contribution in [0.2, 0.25) is 0 Å². The summed E-state index contributed by atoms with van der Waals surface area (Å²) in [5.41, 5.74) is 8.86. The van der Waals surface area contributed by atoms with Gasteiger partial charge in [0.2, 0.25) is 0 Å². The lowest BCUT2D eigenvalue weighted by Crippen LogP contribution is -2.35. The Morgan fingerprint density at radius 3 is 2.72 bits per heavy atom. The first-order valence-corrected chi connectivity index (χ1v) is 10.3. The Morgan fingerprint density at radius 2 is 2.06 bits per heavy atom. The molecule has 9 nitrogen and oxygen atoms in total.